The van der Waals surface area contributed by atoms with E-state index in [1.807, 2.05) is 43.3 Å². The fourth-order valence-electron chi connectivity index (χ4n) is 3.18. The topological polar surface area (TPSA) is 68.5 Å². The first-order valence-electron chi connectivity index (χ1n) is 8.77. The van der Waals surface area contributed by atoms with Crippen LogP contribution in [0.25, 0.3) is 11.4 Å². The molecule has 1 aromatic heterocycles. The van der Waals surface area contributed by atoms with Crippen LogP contribution in [0.4, 0.5) is 5.69 Å². The fourth-order valence-corrected chi connectivity index (χ4v) is 3.36. The van der Waals surface area contributed by atoms with Gasteiger partial charge in [0.05, 0.1) is 12.5 Å². The Bertz CT molecular complexity index is 972. The number of anilines is 1. The normalized spacial score (nSPS) is 16.7. The molecule has 0 saturated carbocycles. The molecule has 27 heavy (non-hydrogen) atoms. The maximum Gasteiger partial charge on any atom is 0.232 e. The molecule has 2 aromatic carbocycles. The van der Waals surface area contributed by atoms with E-state index in [9.17, 15) is 4.79 Å². The molecule has 0 spiro atoms. The molecular formula is C20H18ClN3O3. The maximum absolute atomic E-state index is 12.4. The van der Waals surface area contributed by atoms with Gasteiger partial charge in [-0.2, -0.15) is 4.98 Å². The molecule has 1 aliphatic rings. The number of rotatable bonds is 5. The number of ether oxygens (including phenoxy) is 1. The van der Waals surface area contributed by atoms with Gasteiger partial charge in [-0.1, -0.05) is 35.0 Å². The molecule has 1 saturated heterocycles. The second-order valence-electron chi connectivity index (χ2n) is 6.30. The Morgan fingerprint density at radius 2 is 2.11 bits per heavy atom. The number of carbonyl (C=O) groups is 1. The number of aromatic nitrogens is 2. The molecule has 0 N–H and O–H groups in total. The van der Waals surface area contributed by atoms with E-state index in [2.05, 4.69) is 10.1 Å². The Kier molecular flexibility index (Phi) is 4.81. The highest BCUT2D eigenvalue weighted by Gasteiger charge is 2.35. The van der Waals surface area contributed by atoms with E-state index in [1.54, 1.807) is 17.0 Å². The first kappa shape index (κ1) is 17.5. The monoisotopic (exact) mass is 383 g/mol. The molecule has 1 unspecified atom stereocenters. The van der Waals surface area contributed by atoms with Crippen LogP contribution >= 0.6 is 11.6 Å². The van der Waals surface area contributed by atoms with Crippen LogP contribution in [-0.2, 0) is 4.79 Å². The third-order valence-corrected chi connectivity index (χ3v) is 4.67. The summed E-state index contributed by atoms with van der Waals surface area (Å²) in [5.41, 5.74) is 1.59. The van der Waals surface area contributed by atoms with Crippen molar-refractivity contribution in [3.63, 3.8) is 0 Å². The molecule has 1 amide bonds. The minimum absolute atomic E-state index is 0.0142. The lowest BCUT2D eigenvalue weighted by molar-refractivity contribution is -0.117. The van der Waals surface area contributed by atoms with E-state index < -0.39 is 0 Å². The SMILES string of the molecule is CCOc1cccc(-c2noc(C3CC(=O)N(c4cccc(Cl)c4)C3)n2)c1. The van der Waals surface area contributed by atoms with Crippen LogP contribution in [0.3, 0.4) is 0 Å². The summed E-state index contributed by atoms with van der Waals surface area (Å²) in [6, 6.07) is 14.8. The lowest BCUT2D eigenvalue weighted by Gasteiger charge is -2.16. The number of halogens is 1. The number of nitrogens with zero attached hydrogens (tertiary/aromatic N) is 3. The van der Waals surface area contributed by atoms with Crippen molar-refractivity contribution >= 4 is 23.2 Å². The maximum atomic E-state index is 12.4. The smallest absolute Gasteiger partial charge is 0.232 e. The van der Waals surface area contributed by atoms with Gasteiger partial charge in [0.15, 0.2) is 0 Å². The molecule has 6 nitrogen and oxygen atoms in total. The highest BCUT2D eigenvalue weighted by atomic mass is 35.5. The van der Waals surface area contributed by atoms with Crippen LogP contribution in [0.5, 0.6) is 5.75 Å². The third-order valence-electron chi connectivity index (χ3n) is 4.44. The molecule has 3 aromatic rings. The first-order chi connectivity index (χ1) is 13.1. The summed E-state index contributed by atoms with van der Waals surface area (Å²) in [5.74, 6) is 1.57. The molecule has 1 aliphatic heterocycles. The van der Waals surface area contributed by atoms with Crippen molar-refractivity contribution in [2.75, 3.05) is 18.1 Å². The summed E-state index contributed by atoms with van der Waals surface area (Å²) in [6.07, 6.45) is 0.327. The van der Waals surface area contributed by atoms with Gasteiger partial charge in [0.1, 0.15) is 5.75 Å². The van der Waals surface area contributed by atoms with E-state index >= 15 is 0 Å². The van der Waals surface area contributed by atoms with Crippen molar-refractivity contribution < 1.29 is 14.1 Å². The summed E-state index contributed by atoms with van der Waals surface area (Å²) < 4.78 is 11.0. The van der Waals surface area contributed by atoms with E-state index in [-0.39, 0.29) is 11.8 Å². The zero-order valence-electron chi connectivity index (χ0n) is 14.8. The summed E-state index contributed by atoms with van der Waals surface area (Å²) >= 11 is 6.04. The van der Waals surface area contributed by atoms with Crippen LogP contribution < -0.4 is 9.64 Å². The van der Waals surface area contributed by atoms with E-state index in [4.69, 9.17) is 20.9 Å². The molecule has 2 heterocycles. The molecule has 0 bridgehead atoms. The van der Waals surface area contributed by atoms with Crippen molar-refractivity contribution in [1.82, 2.24) is 10.1 Å². The van der Waals surface area contributed by atoms with Crippen LogP contribution in [0, 0.1) is 0 Å². The number of hydrogen-bond acceptors (Lipinski definition) is 5. The summed E-state index contributed by atoms with van der Waals surface area (Å²) in [6.45, 7) is 3.01. The fraction of sp³-hybridized carbons (Fsp3) is 0.250. The van der Waals surface area contributed by atoms with Gasteiger partial charge in [-0.15, -0.1) is 0 Å². The van der Waals surface area contributed by atoms with Gasteiger partial charge in [-0.25, -0.2) is 0 Å². The molecule has 0 aliphatic carbocycles. The minimum Gasteiger partial charge on any atom is -0.494 e. The molecule has 1 atom stereocenters. The van der Waals surface area contributed by atoms with Gasteiger partial charge in [0.2, 0.25) is 17.6 Å². The van der Waals surface area contributed by atoms with Crippen LogP contribution in [0.15, 0.2) is 53.1 Å². The predicted octanol–water partition coefficient (Wildman–Crippen LogP) is 4.31. The Balaban J connectivity index is 1.54. The molecule has 4 rings (SSSR count). The standard InChI is InChI=1S/C20H18ClN3O3/c1-2-26-17-8-3-5-13(9-17)19-22-20(27-23-19)14-10-18(25)24(12-14)16-7-4-6-15(21)11-16/h3-9,11,14H,2,10,12H2,1H3. The molecular weight excluding hydrogens is 366 g/mol. The summed E-state index contributed by atoms with van der Waals surface area (Å²) in [7, 11) is 0. The van der Waals surface area contributed by atoms with E-state index in [1.165, 1.54) is 0 Å². The van der Waals surface area contributed by atoms with Crippen molar-refractivity contribution in [2.24, 2.45) is 0 Å². The van der Waals surface area contributed by atoms with Crippen molar-refractivity contribution in [2.45, 2.75) is 19.3 Å². The summed E-state index contributed by atoms with van der Waals surface area (Å²) in [4.78, 5) is 18.6. The van der Waals surface area contributed by atoms with Crippen molar-refractivity contribution in [1.29, 1.82) is 0 Å². The van der Waals surface area contributed by atoms with E-state index in [0.29, 0.717) is 36.3 Å². The van der Waals surface area contributed by atoms with Crippen LogP contribution in [0.1, 0.15) is 25.2 Å². The van der Waals surface area contributed by atoms with Gasteiger partial charge in [-0.3, -0.25) is 4.79 Å². The first-order valence-corrected chi connectivity index (χ1v) is 9.14. The largest absolute Gasteiger partial charge is 0.494 e. The quantitative estimate of drug-likeness (QED) is 0.656. The molecule has 0 radical (unpaired) electrons. The Labute approximate surface area is 161 Å². The van der Waals surface area contributed by atoms with Crippen molar-refractivity contribution in [3.05, 3.63) is 59.4 Å². The van der Waals surface area contributed by atoms with Gasteiger partial charge < -0.3 is 14.2 Å². The third kappa shape index (κ3) is 3.66. The van der Waals surface area contributed by atoms with Gasteiger partial charge in [0.25, 0.3) is 0 Å². The Hall–Kier alpha value is -2.86. The Morgan fingerprint density at radius 3 is 2.93 bits per heavy atom. The average molecular weight is 384 g/mol. The second-order valence-corrected chi connectivity index (χ2v) is 6.74. The summed E-state index contributed by atoms with van der Waals surface area (Å²) in [5, 5.41) is 4.67. The average Bonchev–Trinajstić information content (AvgIpc) is 3.29. The van der Waals surface area contributed by atoms with Crippen LogP contribution in [0.2, 0.25) is 5.02 Å². The predicted molar refractivity (Wildman–Crippen MR) is 102 cm³/mol. The number of amides is 1. The molecule has 1 fully saturated rings. The van der Waals surface area contributed by atoms with Crippen molar-refractivity contribution in [3.8, 4) is 17.1 Å². The van der Waals surface area contributed by atoms with Gasteiger partial charge in [-0.05, 0) is 37.3 Å². The second kappa shape index (κ2) is 7.40. The lowest BCUT2D eigenvalue weighted by Crippen LogP contribution is -2.24. The van der Waals surface area contributed by atoms with Gasteiger partial charge >= 0.3 is 0 Å². The molecule has 7 heteroatoms. The zero-order valence-corrected chi connectivity index (χ0v) is 15.5. The molecule has 138 valence electrons. The van der Waals surface area contributed by atoms with Gasteiger partial charge in [0, 0.05) is 29.2 Å². The highest BCUT2D eigenvalue weighted by molar-refractivity contribution is 6.30. The van der Waals surface area contributed by atoms with E-state index in [0.717, 1.165) is 17.0 Å². The number of carbonyl (C=O) groups excluding carboxylic acids is 1. The number of hydrogen-bond donors (Lipinski definition) is 0. The zero-order chi connectivity index (χ0) is 18.8. The lowest BCUT2D eigenvalue weighted by atomic mass is 10.1. The Morgan fingerprint density at radius 1 is 1.26 bits per heavy atom. The minimum atomic E-state index is -0.146. The highest BCUT2D eigenvalue weighted by Crippen LogP contribution is 2.33. The van der Waals surface area contributed by atoms with Crippen LogP contribution in [-0.4, -0.2) is 29.2 Å². The number of benzene rings is 2.